The van der Waals surface area contributed by atoms with E-state index < -0.39 is 0 Å². The molecule has 20 heavy (non-hydrogen) atoms. The van der Waals surface area contributed by atoms with Crippen LogP contribution in [0.2, 0.25) is 0 Å². The number of benzene rings is 2. The van der Waals surface area contributed by atoms with Crippen molar-refractivity contribution in [2.24, 2.45) is 0 Å². The van der Waals surface area contributed by atoms with Gasteiger partial charge in [-0.3, -0.25) is 0 Å². The van der Waals surface area contributed by atoms with Gasteiger partial charge in [0.2, 0.25) is 0 Å². The number of hydrogen-bond donors (Lipinski definition) is 1. The topological polar surface area (TPSA) is 12.0 Å². The van der Waals surface area contributed by atoms with Crippen LogP contribution >= 0.6 is 11.8 Å². The Morgan fingerprint density at radius 3 is 2.35 bits per heavy atom. The third-order valence-corrected chi connectivity index (χ3v) is 4.43. The Morgan fingerprint density at radius 2 is 1.65 bits per heavy atom. The lowest BCUT2D eigenvalue weighted by molar-refractivity contribution is 0.865. The van der Waals surface area contributed by atoms with Gasteiger partial charge in [-0.2, -0.15) is 0 Å². The number of anilines is 2. The number of nitrogens with one attached hydrogen (secondary N) is 1. The van der Waals surface area contributed by atoms with Crippen molar-refractivity contribution in [2.45, 2.75) is 50.3 Å². The Labute approximate surface area is 126 Å². The molecule has 2 aromatic rings. The minimum absolute atomic E-state index is 0.571. The Bertz CT molecular complexity index is 602. The van der Waals surface area contributed by atoms with Gasteiger partial charge >= 0.3 is 0 Å². The van der Waals surface area contributed by atoms with Crippen LogP contribution in [0.3, 0.4) is 0 Å². The van der Waals surface area contributed by atoms with Gasteiger partial charge in [-0.25, -0.2) is 0 Å². The minimum atomic E-state index is 0.571. The molecule has 0 unspecified atom stereocenters. The first kappa shape index (κ1) is 15.0. The molecule has 1 N–H and O–H groups in total. The second-order valence-corrected chi connectivity index (χ2v) is 6.22. The van der Waals surface area contributed by atoms with E-state index in [9.17, 15) is 0 Å². The standard InChI is InChI=1S/C16H17NS.C2H6/c1-10(2)12-5-7-15-14(9-12)17-13-6-4-11(3)8-16(13)18-15;1-2/h4-10,17H,1-3H3;1-2H3. The van der Waals surface area contributed by atoms with E-state index in [1.54, 1.807) is 0 Å². The molecule has 0 amide bonds. The maximum Gasteiger partial charge on any atom is 0.0529 e. The first-order chi connectivity index (χ1) is 9.63. The van der Waals surface area contributed by atoms with Crippen LogP contribution in [0.15, 0.2) is 46.2 Å². The predicted molar refractivity (Wildman–Crippen MR) is 90.5 cm³/mol. The van der Waals surface area contributed by atoms with Gasteiger partial charge in [-0.15, -0.1) is 0 Å². The average molecular weight is 285 g/mol. The number of aryl methyl sites for hydroxylation is 1. The van der Waals surface area contributed by atoms with Gasteiger partial charge in [-0.05, 0) is 48.2 Å². The Balaban J connectivity index is 0.000000704. The Hall–Kier alpha value is -1.41. The molecule has 1 nitrogen and oxygen atoms in total. The maximum atomic E-state index is 3.54. The Kier molecular flexibility index (Phi) is 4.77. The zero-order valence-electron chi connectivity index (χ0n) is 12.9. The van der Waals surface area contributed by atoms with Crippen LogP contribution in [-0.2, 0) is 0 Å². The normalized spacial score (nSPS) is 11.9. The minimum Gasteiger partial charge on any atom is -0.354 e. The lowest BCUT2D eigenvalue weighted by atomic mass is 10.0. The molecule has 1 heterocycles. The van der Waals surface area contributed by atoms with Gasteiger partial charge in [0.25, 0.3) is 0 Å². The zero-order chi connectivity index (χ0) is 14.7. The first-order valence-corrected chi connectivity index (χ1v) is 8.14. The van der Waals surface area contributed by atoms with E-state index in [1.165, 1.54) is 32.3 Å². The highest BCUT2D eigenvalue weighted by Crippen LogP contribution is 2.45. The van der Waals surface area contributed by atoms with Crippen molar-refractivity contribution in [1.29, 1.82) is 0 Å². The second kappa shape index (κ2) is 6.36. The van der Waals surface area contributed by atoms with Crippen LogP contribution < -0.4 is 5.32 Å². The predicted octanol–water partition coefficient (Wildman–Crippen LogP) is 6.35. The van der Waals surface area contributed by atoms with Crippen molar-refractivity contribution in [3.8, 4) is 0 Å². The van der Waals surface area contributed by atoms with Crippen LogP contribution in [-0.4, -0.2) is 0 Å². The number of rotatable bonds is 1. The summed E-state index contributed by atoms with van der Waals surface area (Å²) >= 11 is 1.85. The second-order valence-electron chi connectivity index (χ2n) is 5.14. The molecule has 0 bridgehead atoms. The third kappa shape index (κ3) is 3.01. The maximum absolute atomic E-state index is 3.54. The summed E-state index contributed by atoms with van der Waals surface area (Å²) in [7, 11) is 0. The van der Waals surface area contributed by atoms with Crippen LogP contribution in [0.5, 0.6) is 0 Å². The van der Waals surface area contributed by atoms with Crippen molar-refractivity contribution in [3.05, 3.63) is 47.5 Å². The quantitative estimate of drug-likeness (QED) is 0.559. The van der Waals surface area contributed by atoms with Crippen molar-refractivity contribution >= 4 is 23.1 Å². The molecular formula is C18H23NS. The van der Waals surface area contributed by atoms with Crippen LogP contribution in [0.25, 0.3) is 0 Å². The first-order valence-electron chi connectivity index (χ1n) is 7.33. The summed E-state index contributed by atoms with van der Waals surface area (Å²) < 4.78 is 0. The van der Waals surface area contributed by atoms with Crippen molar-refractivity contribution in [1.82, 2.24) is 0 Å². The average Bonchev–Trinajstić information content (AvgIpc) is 2.46. The van der Waals surface area contributed by atoms with E-state index in [2.05, 4.69) is 62.5 Å². The molecule has 0 atom stereocenters. The van der Waals surface area contributed by atoms with Gasteiger partial charge in [0.15, 0.2) is 0 Å². The summed E-state index contributed by atoms with van der Waals surface area (Å²) in [5.74, 6) is 0.571. The molecule has 3 rings (SSSR count). The molecule has 0 aromatic heterocycles. The van der Waals surface area contributed by atoms with E-state index in [0.29, 0.717) is 5.92 Å². The van der Waals surface area contributed by atoms with Gasteiger partial charge in [0.05, 0.1) is 11.4 Å². The fourth-order valence-electron chi connectivity index (χ4n) is 2.17. The van der Waals surface area contributed by atoms with E-state index >= 15 is 0 Å². The van der Waals surface area contributed by atoms with Crippen LogP contribution in [0, 0.1) is 6.92 Å². The van der Waals surface area contributed by atoms with E-state index in [-0.39, 0.29) is 0 Å². The van der Waals surface area contributed by atoms with Crippen molar-refractivity contribution in [3.63, 3.8) is 0 Å². The van der Waals surface area contributed by atoms with Gasteiger partial charge in [-0.1, -0.05) is 51.6 Å². The molecule has 0 aliphatic carbocycles. The highest BCUT2D eigenvalue weighted by Gasteiger charge is 2.16. The molecule has 0 saturated carbocycles. The van der Waals surface area contributed by atoms with Gasteiger partial charge in [0.1, 0.15) is 0 Å². The molecule has 0 spiro atoms. The molecule has 106 valence electrons. The summed E-state index contributed by atoms with van der Waals surface area (Å²) in [6, 6.07) is 13.3. The number of fused-ring (bicyclic) bond motifs is 2. The van der Waals surface area contributed by atoms with E-state index in [4.69, 9.17) is 0 Å². The lowest BCUT2D eigenvalue weighted by Crippen LogP contribution is -2.01. The van der Waals surface area contributed by atoms with Crippen LogP contribution in [0.1, 0.15) is 44.7 Å². The Morgan fingerprint density at radius 1 is 0.900 bits per heavy atom. The van der Waals surface area contributed by atoms with Gasteiger partial charge in [0, 0.05) is 9.79 Å². The van der Waals surface area contributed by atoms with Crippen molar-refractivity contribution in [2.75, 3.05) is 5.32 Å². The molecular weight excluding hydrogens is 262 g/mol. The largest absolute Gasteiger partial charge is 0.354 e. The third-order valence-electron chi connectivity index (χ3n) is 3.30. The lowest BCUT2D eigenvalue weighted by Gasteiger charge is -2.22. The highest BCUT2D eigenvalue weighted by atomic mass is 32.2. The van der Waals surface area contributed by atoms with Gasteiger partial charge < -0.3 is 5.32 Å². The van der Waals surface area contributed by atoms with Crippen LogP contribution in [0.4, 0.5) is 11.4 Å². The molecule has 0 saturated heterocycles. The monoisotopic (exact) mass is 285 g/mol. The fraction of sp³-hybridized carbons (Fsp3) is 0.333. The SMILES string of the molecule is CC.Cc1ccc2c(c1)Sc1ccc(C(C)C)cc1N2. The summed E-state index contributed by atoms with van der Waals surface area (Å²) in [6.07, 6.45) is 0. The summed E-state index contributed by atoms with van der Waals surface area (Å²) in [4.78, 5) is 2.64. The summed E-state index contributed by atoms with van der Waals surface area (Å²) in [6.45, 7) is 10.6. The molecule has 1 aliphatic rings. The van der Waals surface area contributed by atoms with E-state index in [1.807, 2.05) is 25.6 Å². The fourth-order valence-corrected chi connectivity index (χ4v) is 3.24. The molecule has 1 aliphatic heterocycles. The zero-order valence-corrected chi connectivity index (χ0v) is 13.8. The number of hydrogen-bond acceptors (Lipinski definition) is 2. The summed E-state index contributed by atoms with van der Waals surface area (Å²) in [5.41, 5.74) is 5.16. The smallest absolute Gasteiger partial charge is 0.0529 e. The van der Waals surface area contributed by atoms with Crippen molar-refractivity contribution < 1.29 is 0 Å². The summed E-state index contributed by atoms with van der Waals surface area (Å²) in [5, 5.41) is 3.54. The highest BCUT2D eigenvalue weighted by molar-refractivity contribution is 7.99. The molecule has 2 aromatic carbocycles. The molecule has 0 fully saturated rings. The molecule has 0 radical (unpaired) electrons. The van der Waals surface area contributed by atoms with E-state index in [0.717, 1.165) is 0 Å². The molecule has 2 heteroatoms.